The van der Waals surface area contributed by atoms with Crippen molar-refractivity contribution in [2.45, 2.75) is 104 Å². The average Bonchev–Trinajstić information content (AvgIpc) is 3.11. The van der Waals surface area contributed by atoms with Gasteiger partial charge in [0.1, 0.15) is 25.2 Å². The van der Waals surface area contributed by atoms with Gasteiger partial charge in [-0.15, -0.1) is 0 Å². The predicted octanol–water partition coefficient (Wildman–Crippen LogP) is -4.96. The number of ether oxygens (including phenoxy) is 3. The Morgan fingerprint density at radius 1 is 0.463 bits per heavy atom. The molecule has 0 aliphatic carbocycles. The molecule has 0 spiro atoms. The fourth-order valence-electron chi connectivity index (χ4n) is 3.11. The average molecular weight is 986 g/mol. The van der Waals surface area contributed by atoms with Gasteiger partial charge in [0.15, 0.2) is 18.3 Å². The van der Waals surface area contributed by atoms with Crippen molar-refractivity contribution in [3.05, 3.63) is 0 Å². The van der Waals surface area contributed by atoms with E-state index in [9.17, 15) is 58.5 Å². The Morgan fingerprint density at radius 2 is 0.642 bits per heavy atom. The molecule has 0 aromatic heterocycles. The number of esters is 3. The summed E-state index contributed by atoms with van der Waals surface area (Å²) in [6, 6.07) is 0. The molecule has 26 heteroatoms. The molecule has 0 radical (unpaired) electrons. The van der Waals surface area contributed by atoms with E-state index in [1.54, 1.807) is 27.7 Å². The third-order valence-corrected chi connectivity index (χ3v) is 6.43. The van der Waals surface area contributed by atoms with E-state index >= 15 is 0 Å². The van der Waals surface area contributed by atoms with Gasteiger partial charge in [0.05, 0.1) is 89.2 Å². The number of likely N-dealkylation sites (N-methyl/N-ethyl adjacent to an activating group) is 3. The zero-order valence-electron chi connectivity index (χ0n) is 42.3. The minimum Gasteiger partial charge on any atom is -0.550 e. The summed E-state index contributed by atoms with van der Waals surface area (Å²) >= 11 is 0. The highest BCUT2D eigenvalue weighted by atomic mass is 16.6. The molecule has 0 amide bonds. The Labute approximate surface area is 394 Å². The molecule has 3 unspecified atom stereocenters. The van der Waals surface area contributed by atoms with Gasteiger partial charge in [-0.3, -0.25) is 14.4 Å². The van der Waals surface area contributed by atoms with E-state index in [4.69, 9.17) is 40.9 Å². The summed E-state index contributed by atoms with van der Waals surface area (Å²) in [5.41, 5.74) is -2.97. The molecule has 0 aliphatic heterocycles. The molecular weight excluding hydrogens is 902 g/mol. The summed E-state index contributed by atoms with van der Waals surface area (Å²) in [7, 11) is 18.5. The highest BCUT2D eigenvalue weighted by molar-refractivity contribution is 5.86. The first-order valence-corrected chi connectivity index (χ1v) is 20.5. The topological polar surface area (TPSA) is 412 Å². The Morgan fingerprint density at radius 3 is 0.687 bits per heavy atom. The zero-order valence-corrected chi connectivity index (χ0v) is 42.3. The minimum absolute atomic E-state index is 0.250. The van der Waals surface area contributed by atoms with Crippen LogP contribution in [0.1, 0.15) is 80.6 Å². The van der Waals surface area contributed by atoms with Crippen molar-refractivity contribution in [1.29, 1.82) is 0 Å². The van der Waals surface area contributed by atoms with E-state index < -0.39 is 90.5 Å². The lowest BCUT2D eigenvalue weighted by atomic mass is 9.96. The Balaban J connectivity index is -0.000000101. The van der Waals surface area contributed by atoms with Crippen molar-refractivity contribution in [3.63, 3.8) is 0 Å². The van der Waals surface area contributed by atoms with E-state index in [1.807, 2.05) is 0 Å². The normalized spacial score (nSPS) is 11.6. The molecule has 0 heterocycles. The van der Waals surface area contributed by atoms with Crippen LogP contribution in [0.2, 0.25) is 0 Å². The number of carboxylic acid groups (broad SMARTS) is 6. The SMILES string of the molecule is CCC(OC(C)=O)C(=O)O.CCC(OC(C)=O)C(=O)O.CCC(OC(C)=O)C(=O)O.CCO.C[N+](C)(C)CCO.C[N+](C)(C)CCO.C[N+](C)(C)CCO.O=C([O-])CC(O)(CC(=O)[O-])C(=O)[O-]. The van der Waals surface area contributed by atoms with E-state index in [-0.39, 0.29) is 26.4 Å². The van der Waals surface area contributed by atoms with Crippen molar-refractivity contribution in [2.24, 2.45) is 0 Å². The van der Waals surface area contributed by atoms with Crippen LogP contribution < -0.4 is 15.3 Å². The highest BCUT2D eigenvalue weighted by Gasteiger charge is 2.29. The van der Waals surface area contributed by atoms with E-state index in [0.717, 1.165) is 33.1 Å². The summed E-state index contributed by atoms with van der Waals surface area (Å²) < 4.78 is 15.8. The molecule has 0 saturated heterocycles. The van der Waals surface area contributed by atoms with Crippen LogP contribution in [0.25, 0.3) is 0 Å². The summed E-state index contributed by atoms with van der Waals surface area (Å²) in [5.74, 6) is -11.0. The van der Waals surface area contributed by atoms with Crippen molar-refractivity contribution in [2.75, 3.05) is 109 Å². The standard InChI is InChI=1S/C6H8O7.3C6H10O4.3C5H14NO.C2H6O/c7-3(8)1-6(13,5(11)12)2-4(9)10;3*1-3-5(6(8)9)10-4(2)7;3*1-6(2,3)4-5-7;1-2-3/h13H,1-2H2,(H,7,8)(H,9,10)(H,11,12);3*5H,3H2,1-2H3,(H,8,9);3*7H,4-5H2,1-3H3;3H,2H2,1H3/q;;;;3*+1;/p-3. The highest BCUT2D eigenvalue weighted by Crippen LogP contribution is 2.13. The molecule has 3 atom stereocenters. The number of quaternary nitrogens is 3. The summed E-state index contributed by atoms with van der Waals surface area (Å²) in [6.45, 7) is 13.8. The van der Waals surface area contributed by atoms with E-state index in [1.165, 1.54) is 20.8 Å². The first-order valence-electron chi connectivity index (χ1n) is 20.5. The molecule has 0 rings (SSSR count). The predicted molar refractivity (Wildman–Crippen MR) is 232 cm³/mol. The number of aliphatic hydroxyl groups excluding tert-OH is 4. The van der Waals surface area contributed by atoms with Gasteiger partial charge in [0.25, 0.3) is 0 Å². The van der Waals surface area contributed by atoms with Gasteiger partial charge in [-0.25, -0.2) is 14.4 Å². The van der Waals surface area contributed by atoms with Crippen molar-refractivity contribution >= 4 is 53.7 Å². The number of aliphatic carboxylic acids is 6. The smallest absolute Gasteiger partial charge is 0.345 e. The van der Waals surface area contributed by atoms with Crippen LogP contribution in [0.15, 0.2) is 0 Å². The maximum Gasteiger partial charge on any atom is 0.345 e. The van der Waals surface area contributed by atoms with Gasteiger partial charge in [-0.1, -0.05) is 20.8 Å². The summed E-state index contributed by atoms with van der Waals surface area (Å²) in [6.07, 6.45) is -4.78. The number of carbonyl (C=O) groups excluding carboxylic acids is 6. The maximum absolute atomic E-state index is 10.2. The number of hydrogen-bond donors (Lipinski definition) is 8. The summed E-state index contributed by atoms with van der Waals surface area (Å²) in [4.78, 5) is 91.3. The van der Waals surface area contributed by atoms with Gasteiger partial charge in [0, 0.05) is 52.2 Å². The molecule has 0 aromatic rings. The molecule has 0 saturated carbocycles. The van der Waals surface area contributed by atoms with Gasteiger partial charge in [-0.2, -0.15) is 0 Å². The van der Waals surface area contributed by atoms with E-state index in [0.29, 0.717) is 19.3 Å². The van der Waals surface area contributed by atoms with Crippen LogP contribution >= 0.6 is 0 Å². The fourth-order valence-corrected chi connectivity index (χ4v) is 3.11. The lowest BCUT2D eigenvalue weighted by molar-refractivity contribution is -0.870. The first kappa shape index (κ1) is 79.0. The zero-order chi connectivity index (χ0) is 55.5. The molecule has 8 N–H and O–H groups in total. The number of aliphatic hydroxyl groups is 5. The second kappa shape index (κ2) is 44.7. The van der Waals surface area contributed by atoms with Crippen LogP contribution in [-0.2, 0) is 57.4 Å². The number of carboxylic acids is 6. The molecule has 0 fully saturated rings. The maximum atomic E-state index is 10.2. The fraction of sp³-hybridized carbons (Fsp3) is 0.780. The van der Waals surface area contributed by atoms with E-state index in [2.05, 4.69) is 77.6 Å². The van der Waals surface area contributed by atoms with Crippen molar-refractivity contribution in [1.82, 2.24) is 0 Å². The molecule has 26 nitrogen and oxygen atoms in total. The van der Waals surface area contributed by atoms with Gasteiger partial charge in [0.2, 0.25) is 0 Å². The monoisotopic (exact) mass is 986 g/mol. The second-order valence-electron chi connectivity index (χ2n) is 16.5. The minimum atomic E-state index is -2.97. The third-order valence-electron chi connectivity index (χ3n) is 6.43. The number of hydrogen-bond acceptors (Lipinski definition) is 20. The van der Waals surface area contributed by atoms with Crippen molar-refractivity contribution < 1.29 is 127 Å². The van der Waals surface area contributed by atoms with Crippen LogP contribution in [-0.4, -0.2) is 241 Å². The number of nitrogens with zero attached hydrogens (tertiary/aromatic N) is 3. The van der Waals surface area contributed by atoms with Crippen LogP contribution in [0, 0.1) is 0 Å². The molecule has 0 aromatic carbocycles. The van der Waals surface area contributed by atoms with Gasteiger partial charge in [-0.05, 0) is 26.2 Å². The lowest BCUT2D eigenvalue weighted by Crippen LogP contribution is -2.54. The van der Waals surface area contributed by atoms with Crippen LogP contribution in [0.3, 0.4) is 0 Å². The Bertz CT molecular complexity index is 1240. The molecule has 0 aliphatic rings. The Kier molecular flexibility index (Phi) is 52.8. The van der Waals surface area contributed by atoms with Crippen LogP contribution in [0.5, 0.6) is 0 Å². The molecule has 400 valence electrons. The van der Waals surface area contributed by atoms with Crippen molar-refractivity contribution in [3.8, 4) is 0 Å². The lowest BCUT2D eigenvalue weighted by Gasteiger charge is -2.29. The Hall–Kier alpha value is -5.09. The number of carbonyl (C=O) groups is 9. The first-order chi connectivity index (χ1) is 30.1. The second-order valence-corrected chi connectivity index (χ2v) is 16.5. The third kappa shape index (κ3) is 75.5. The molecule has 0 bridgehead atoms. The largest absolute Gasteiger partial charge is 0.550 e. The summed E-state index contributed by atoms with van der Waals surface area (Å²) in [5, 5.41) is 96.7. The van der Waals surface area contributed by atoms with Gasteiger partial charge < -0.3 is 98.2 Å². The van der Waals surface area contributed by atoms with Gasteiger partial charge >= 0.3 is 35.8 Å². The number of rotatable bonds is 20. The molecular formula is C41H83N3O23. The quantitative estimate of drug-likeness (QED) is 0.0322. The van der Waals surface area contributed by atoms with Crippen LogP contribution in [0.4, 0.5) is 0 Å². The molecule has 67 heavy (non-hydrogen) atoms.